The van der Waals surface area contributed by atoms with E-state index >= 15 is 0 Å². The largest absolute Gasteiger partial charge is 0.480 e. The Bertz CT molecular complexity index is 481. The van der Waals surface area contributed by atoms with E-state index < -0.39 is 12.0 Å². The minimum Gasteiger partial charge on any atom is -0.480 e. The molecule has 17 heavy (non-hydrogen) atoms. The third-order valence-corrected chi connectivity index (χ3v) is 2.32. The van der Waals surface area contributed by atoms with Crippen molar-refractivity contribution >= 4 is 5.97 Å². The second-order valence-electron chi connectivity index (χ2n) is 3.45. The number of ether oxygens (including phenoxy) is 2. The maximum absolute atomic E-state index is 10.4. The minimum atomic E-state index is -1.01. The summed E-state index contributed by atoms with van der Waals surface area (Å²) in [4.78, 5) is 10.4. The molecule has 0 saturated heterocycles. The van der Waals surface area contributed by atoms with Gasteiger partial charge in [-0.3, -0.25) is 10.1 Å². The Hall–Kier alpha value is -2.26. The highest BCUT2D eigenvalue weighted by Gasteiger charge is 2.17. The summed E-state index contributed by atoms with van der Waals surface area (Å²) in [6.45, 7) is -0.106. The maximum Gasteiger partial charge on any atom is 0.317 e. The van der Waals surface area contributed by atoms with Crippen molar-refractivity contribution < 1.29 is 19.4 Å². The van der Waals surface area contributed by atoms with Crippen molar-refractivity contribution in [3.63, 3.8) is 0 Å². The highest BCUT2D eigenvalue weighted by atomic mass is 16.7. The van der Waals surface area contributed by atoms with E-state index in [-0.39, 0.29) is 13.3 Å². The molecule has 6 nitrogen and oxygen atoms in total. The van der Waals surface area contributed by atoms with Crippen LogP contribution in [-0.2, 0) is 4.79 Å². The molecule has 2 N–H and O–H groups in total. The number of benzene rings is 1. The van der Waals surface area contributed by atoms with E-state index in [2.05, 4.69) is 5.32 Å². The predicted molar refractivity (Wildman–Crippen MR) is 56.6 cm³/mol. The first-order valence-electron chi connectivity index (χ1n) is 4.95. The topological polar surface area (TPSA) is 91.6 Å². The fourth-order valence-electron chi connectivity index (χ4n) is 1.52. The van der Waals surface area contributed by atoms with Crippen molar-refractivity contribution in [1.29, 1.82) is 5.26 Å². The van der Waals surface area contributed by atoms with E-state index in [0.717, 1.165) is 0 Å². The lowest BCUT2D eigenvalue weighted by Crippen LogP contribution is -2.26. The minimum absolute atomic E-state index is 0.165. The Labute approximate surface area is 97.4 Å². The van der Waals surface area contributed by atoms with Gasteiger partial charge in [-0.05, 0) is 17.7 Å². The number of carboxylic acid groups (broad SMARTS) is 1. The molecule has 0 saturated carbocycles. The van der Waals surface area contributed by atoms with Crippen LogP contribution in [0.3, 0.4) is 0 Å². The number of carboxylic acids is 1. The SMILES string of the molecule is N#CC(NCC(=O)O)c1ccc2c(c1)OCO2. The van der Waals surface area contributed by atoms with Gasteiger partial charge in [-0.25, -0.2) is 0 Å². The summed E-state index contributed by atoms with van der Waals surface area (Å²) in [6.07, 6.45) is 0. The molecular formula is C11H10N2O4. The van der Waals surface area contributed by atoms with E-state index in [1.54, 1.807) is 18.2 Å². The first kappa shape index (κ1) is 11.2. The molecule has 1 aromatic rings. The number of nitrogens with one attached hydrogen (secondary N) is 1. The Balaban J connectivity index is 2.14. The van der Waals surface area contributed by atoms with Crippen LogP contribution in [0.5, 0.6) is 11.5 Å². The molecule has 1 unspecified atom stereocenters. The summed E-state index contributed by atoms with van der Waals surface area (Å²) >= 11 is 0. The van der Waals surface area contributed by atoms with Crippen LogP contribution in [0, 0.1) is 11.3 Å². The van der Waals surface area contributed by atoms with Gasteiger partial charge in [-0.2, -0.15) is 5.26 Å². The number of nitriles is 1. The van der Waals surface area contributed by atoms with Crippen LogP contribution in [0.4, 0.5) is 0 Å². The molecule has 1 heterocycles. The first-order valence-corrected chi connectivity index (χ1v) is 4.95. The number of aliphatic carboxylic acids is 1. The van der Waals surface area contributed by atoms with E-state index in [1.165, 1.54) is 0 Å². The summed E-state index contributed by atoms with van der Waals surface area (Å²) in [5.41, 5.74) is 0.651. The third-order valence-electron chi connectivity index (χ3n) is 2.32. The molecular weight excluding hydrogens is 224 g/mol. The molecule has 0 aliphatic carbocycles. The smallest absolute Gasteiger partial charge is 0.317 e. The molecule has 1 aliphatic heterocycles. The van der Waals surface area contributed by atoms with Crippen LogP contribution in [0.1, 0.15) is 11.6 Å². The second-order valence-corrected chi connectivity index (χ2v) is 3.45. The number of carbonyl (C=O) groups is 1. The van der Waals surface area contributed by atoms with Gasteiger partial charge in [-0.15, -0.1) is 0 Å². The fourth-order valence-corrected chi connectivity index (χ4v) is 1.52. The second kappa shape index (κ2) is 4.72. The van der Waals surface area contributed by atoms with Crippen molar-refractivity contribution in [2.75, 3.05) is 13.3 Å². The third kappa shape index (κ3) is 2.46. The summed E-state index contributed by atoms with van der Waals surface area (Å²) in [5.74, 6) is 0.189. The Morgan fingerprint density at radius 1 is 1.53 bits per heavy atom. The van der Waals surface area contributed by atoms with Crippen LogP contribution >= 0.6 is 0 Å². The normalized spacial score (nSPS) is 14.1. The zero-order chi connectivity index (χ0) is 12.3. The van der Waals surface area contributed by atoms with Crippen LogP contribution in [-0.4, -0.2) is 24.4 Å². The molecule has 1 aliphatic rings. The van der Waals surface area contributed by atoms with Crippen LogP contribution < -0.4 is 14.8 Å². The summed E-state index contributed by atoms with van der Waals surface area (Å²) in [5, 5.41) is 20.1. The molecule has 0 fully saturated rings. The van der Waals surface area contributed by atoms with Crippen molar-refractivity contribution in [2.45, 2.75) is 6.04 Å². The molecule has 0 bridgehead atoms. The van der Waals surface area contributed by atoms with Gasteiger partial charge in [0, 0.05) is 0 Å². The van der Waals surface area contributed by atoms with Gasteiger partial charge in [-0.1, -0.05) is 6.07 Å². The predicted octanol–water partition coefficient (Wildman–Crippen LogP) is 0.654. The molecule has 1 aromatic carbocycles. The molecule has 0 aromatic heterocycles. The Morgan fingerprint density at radius 2 is 2.29 bits per heavy atom. The van der Waals surface area contributed by atoms with Gasteiger partial charge in [0.2, 0.25) is 6.79 Å². The average molecular weight is 234 g/mol. The van der Waals surface area contributed by atoms with Crippen LogP contribution in [0.15, 0.2) is 18.2 Å². The summed E-state index contributed by atoms with van der Waals surface area (Å²) < 4.78 is 10.3. The molecule has 6 heteroatoms. The molecule has 0 spiro atoms. The van der Waals surface area contributed by atoms with Crippen molar-refractivity contribution in [3.05, 3.63) is 23.8 Å². The standard InChI is InChI=1S/C11H10N2O4/c12-4-8(13-5-11(14)15)7-1-2-9-10(3-7)17-6-16-9/h1-3,8,13H,5-6H2,(H,14,15). The number of hydrogen-bond acceptors (Lipinski definition) is 5. The molecule has 1 atom stereocenters. The number of hydrogen-bond donors (Lipinski definition) is 2. The molecule has 0 radical (unpaired) electrons. The molecule has 2 rings (SSSR count). The quantitative estimate of drug-likeness (QED) is 0.794. The molecule has 0 amide bonds. The summed E-state index contributed by atoms with van der Waals surface area (Å²) in [7, 11) is 0. The number of nitrogens with zero attached hydrogens (tertiary/aromatic N) is 1. The zero-order valence-electron chi connectivity index (χ0n) is 8.84. The van der Waals surface area contributed by atoms with Gasteiger partial charge in [0.15, 0.2) is 11.5 Å². The van der Waals surface area contributed by atoms with E-state index in [0.29, 0.717) is 17.1 Å². The molecule has 88 valence electrons. The zero-order valence-corrected chi connectivity index (χ0v) is 8.84. The van der Waals surface area contributed by atoms with Gasteiger partial charge in [0.05, 0.1) is 12.6 Å². The van der Waals surface area contributed by atoms with Crippen molar-refractivity contribution in [1.82, 2.24) is 5.32 Å². The van der Waals surface area contributed by atoms with E-state index in [1.807, 2.05) is 6.07 Å². The van der Waals surface area contributed by atoms with Gasteiger partial charge >= 0.3 is 5.97 Å². The lowest BCUT2D eigenvalue weighted by atomic mass is 10.1. The monoisotopic (exact) mass is 234 g/mol. The highest BCUT2D eigenvalue weighted by Crippen LogP contribution is 2.33. The van der Waals surface area contributed by atoms with Gasteiger partial charge < -0.3 is 14.6 Å². The fraction of sp³-hybridized carbons (Fsp3) is 0.273. The van der Waals surface area contributed by atoms with Crippen LogP contribution in [0.2, 0.25) is 0 Å². The lowest BCUT2D eigenvalue weighted by molar-refractivity contribution is -0.136. The van der Waals surface area contributed by atoms with E-state index in [4.69, 9.17) is 19.8 Å². The Morgan fingerprint density at radius 3 is 3.00 bits per heavy atom. The van der Waals surface area contributed by atoms with Crippen molar-refractivity contribution in [3.8, 4) is 17.6 Å². The first-order chi connectivity index (χ1) is 8.20. The lowest BCUT2D eigenvalue weighted by Gasteiger charge is -2.10. The van der Waals surface area contributed by atoms with Crippen LogP contribution in [0.25, 0.3) is 0 Å². The Kier molecular flexibility index (Phi) is 3.12. The van der Waals surface area contributed by atoms with Gasteiger partial charge in [0.25, 0.3) is 0 Å². The average Bonchev–Trinajstić information content (AvgIpc) is 2.76. The highest BCUT2D eigenvalue weighted by molar-refractivity contribution is 5.69. The van der Waals surface area contributed by atoms with Gasteiger partial charge in [0.1, 0.15) is 6.04 Å². The van der Waals surface area contributed by atoms with E-state index in [9.17, 15) is 4.79 Å². The maximum atomic E-state index is 10.4. The number of fused-ring (bicyclic) bond motifs is 1. The number of rotatable bonds is 4. The van der Waals surface area contributed by atoms with Crippen molar-refractivity contribution in [2.24, 2.45) is 0 Å². The summed E-state index contributed by atoms with van der Waals surface area (Å²) in [6, 6.07) is 6.39.